The van der Waals surface area contributed by atoms with Gasteiger partial charge in [-0.1, -0.05) is 29.8 Å². The van der Waals surface area contributed by atoms with Crippen LogP contribution in [0.15, 0.2) is 42.5 Å². The van der Waals surface area contributed by atoms with Crippen LogP contribution in [0.1, 0.15) is 29.5 Å². The van der Waals surface area contributed by atoms with Gasteiger partial charge in [0.15, 0.2) is 6.61 Å². The molecule has 0 radical (unpaired) electrons. The number of hydrogen-bond acceptors (Lipinski definition) is 3. The molecule has 0 bridgehead atoms. The highest BCUT2D eigenvalue weighted by Gasteiger charge is 2.23. The summed E-state index contributed by atoms with van der Waals surface area (Å²) in [5.74, 6) is 0.675. The monoisotopic (exact) mass is 387 g/mol. The minimum atomic E-state index is -0.0429. The molecule has 2 aromatic rings. The van der Waals surface area contributed by atoms with Crippen LogP contribution in [-0.4, -0.2) is 36.7 Å². The van der Waals surface area contributed by atoms with Gasteiger partial charge in [0.1, 0.15) is 5.75 Å². The maximum absolute atomic E-state index is 12.8. The van der Waals surface area contributed by atoms with Crippen molar-refractivity contribution in [1.82, 2.24) is 4.90 Å². The van der Waals surface area contributed by atoms with E-state index in [1.54, 1.807) is 0 Å². The highest BCUT2D eigenvalue weighted by molar-refractivity contribution is 6.30. The Hall–Kier alpha value is -2.04. The molecule has 5 heteroatoms. The second-order valence-electron chi connectivity index (χ2n) is 7.07. The number of rotatable bonds is 7. The second kappa shape index (κ2) is 9.25. The number of hydrogen-bond donors (Lipinski definition) is 0. The summed E-state index contributed by atoms with van der Waals surface area (Å²) in [6.07, 6.45) is 2.14. The second-order valence-corrected chi connectivity index (χ2v) is 7.51. The summed E-state index contributed by atoms with van der Waals surface area (Å²) in [7, 11) is 0. The largest absolute Gasteiger partial charge is 0.484 e. The molecular weight excluding hydrogens is 362 g/mol. The van der Waals surface area contributed by atoms with Gasteiger partial charge < -0.3 is 14.4 Å². The van der Waals surface area contributed by atoms with Crippen LogP contribution in [0.5, 0.6) is 5.75 Å². The van der Waals surface area contributed by atoms with E-state index in [2.05, 4.69) is 6.92 Å². The molecule has 0 N–H and O–H groups in total. The third-order valence-corrected chi connectivity index (χ3v) is 5.18. The van der Waals surface area contributed by atoms with Crippen molar-refractivity contribution < 1.29 is 14.3 Å². The van der Waals surface area contributed by atoms with Crippen LogP contribution in [-0.2, 0) is 16.1 Å². The van der Waals surface area contributed by atoms with Crippen LogP contribution in [0, 0.1) is 13.8 Å². The van der Waals surface area contributed by atoms with Gasteiger partial charge in [-0.2, -0.15) is 0 Å². The Morgan fingerprint density at radius 1 is 1.19 bits per heavy atom. The van der Waals surface area contributed by atoms with Crippen LogP contribution in [0.2, 0.25) is 5.02 Å². The molecule has 1 fully saturated rings. The summed E-state index contributed by atoms with van der Waals surface area (Å²) >= 11 is 5.97. The number of ether oxygens (including phenoxy) is 2. The zero-order valence-corrected chi connectivity index (χ0v) is 16.7. The first kappa shape index (κ1) is 19.7. The van der Waals surface area contributed by atoms with Crippen LogP contribution in [0.3, 0.4) is 0 Å². The van der Waals surface area contributed by atoms with Crippen molar-refractivity contribution in [3.63, 3.8) is 0 Å². The predicted octanol–water partition coefficient (Wildman–Crippen LogP) is 4.54. The van der Waals surface area contributed by atoms with Gasteiger partial charge in [-0.05, 0) is 67.6 Å². The molecule has 1 saturated heterocycles. The summed E-state index contributed by atoms with van der Waals surface area (Å²) in [6, 6.07) is 13.5. The van der Waals surface area contributed by atoms with Gasteiger partial charge in [-0.25, -0.2) is 0 Å². The van der Waals surface area contributed by atoms with E-state index in [4.69, 9.17) is 21.1 Å². The molecule has 3 rings (SSSR count). The van der Waals surface area contributed by atoms with Crippen molar-refractivity contribution in [1.29, 1.82) is 0 Å². The maximum Gasteiger partial charge on any atom is 0.260 e. The predicted molar refractivity (Wildman–Crippen MR) is 107 cm³/mol. The van der Waals surface area contributed by atoms with Crippen LogP contribution < -0.4 is 4.74 Å². The Labute approximate surface area is 166 Å². The van der Waals surface area contributed by atoms with Gasteiger partial charge in [0, 0.05) is 24.7 Å². The average Bonchev–Trinajstić information content (AvgIpc) is 3.17. The van der Waals surface area contributed by atoms with E-state index in [9.17, 15) is 4.79 Å². The fraction of sp³-hybridized carbons (Fsp3) is 0.409. The van der Waals surface area contributed by atoms with E-state index in [0.717, 1.165) is 36.3 Å². The first-order valence-corrected chi connectivity index (χ1v) is 9.73. The Kier molecular flexibility index (Phi) is 6.75. The third-order valence-electron chi connectivity index (χ3n) is 4.93. The Bertz CT molecular complexity index is 770. The zero-order valence-electron chi connectivity index (χ0n) is 15.9. The van der Waals surface area contributed by atoms with Gasteiger partial charge in [0.25, 0.3) is 5.91 Å². The maximum atomic E-state index is 12.8. The number of carbonyl (C=O) groups is 1. The van der Waals surface area contributed by atoms with E-state index in [-0.39, 0.29) is 18.6 Å². The number of aryl methyl sites for hydroxylation is 2. The lowest BCUT2D eigenvalue weighted by molar-refractivity contribution is -0.135. The van der Waals surface area contributed by atoms with Crippen molar-refractivity contribution in [2.24, 2.45) is 0 Å². The van der Waals surface area contributed by atoms with E-state index in [1.165, 1.54) is 5.56 Å². The minimum Gasteiger partial charge on any atom is -0.484 e. The number of amides is 1. The molecule has 1 heterocycles. The highest BCUT2D eigenvalue weighted by atomic mass is 35.5. The topological polar surface area (TPSA) is 38.8 Å². The smallest absolute Gasteiger partial charge is 0.260 e. The van der Waals surface area contributed by atoms with Gasteiger partial charge in [-0.3, -0.25) is 4.79 Å². The normalized spacial score (nSPS) is 16.3. The minimum absolute atomic E-state index is 0.0167. The van der Waals surface area contributed by atoms with Crippen molar-refractivity contribution in [2.75, 3.05) is 19.8 Å². The van der Waals surface area contributed by atoms with E-state index in [0.29, 0.717) is 18.1 Å². The molecule has 1 atom stereocenters. The van der Waals surface area contributed by atoms with Crippen LogP contribution in [0.25, 0.3) is 0 Å². The van der Waals surface area contributed by atoms with Gasteiger partial charge >= 0.3 is 0 Å². The molecule has 4 nitrogen and oxygen atoms in total. The summed E-state index contributed by atoms with van der Waals surface area (Å²) in [5.41, 5.74) is 3.39. The Morgan fingerprint density at radius 3 is 2.63 bits per heavy atom. The average molecular weight is 388 g/mol. The van der Waals surface area contributed by atoms with Crippen LogP contribution >= 0.6 is 11.6 Å². The highest BCUT2D eigenvalue weighted by Crippen LogP contribution is 2.19. The molecule has 0 saturated carbocycles. The quantitative estimate of drug-likeness (QED) is 0.699. The lowest BCUT2D eigenvalue weighted by atomic mass is 10.1. The standard InChI is InChI=1S/C22H26ClNO3/c1-16-5-10-20(12-17(16)2)27-15-22(25)24(14-21-4-3-11-26-21)13-18-6-8-19(23)9-7-18/h5-10,12,21H,3-4,11,13-15H2,1-2H3/t21-/m0/s1. The van der Waals surface area contributed by atoms with Crippen molar-refractivity contribution in [2.45, 2.75) is 39.3 Å². The molecule has 144 valence electrons. The molecule has 2 aromatic carbocycles. The van der Waals surface area contributed by atoms with Crippen LogP contribution in [0.4, 0.5) is 0 Å². The molecule has 27 heavy (non-hydrogen) atoms. The first-order chi connectivity index (χ1) is 13.0. The van der Waals surface area contributed by atoms with Crippen molar-refractivity contribution in [3.05, 3.63) is 64.2 Å². The molecule has 0 spiro atoms. The molecule has 0 aliphatic carbocycles. The Balaban J connectivity index is 1.65. The molecule has 1 aliphatic rings. The van der Waals surface area contributed by atoms with E-state index < -0.39 is 0 Å². The summed E-state index contributed by atoms with van der Waals surface area (Å²) in [4.78, 5) is 14.7. The number of nitrogens with zero attached hydrogens (tertiary/aromatic N) is 1. The number of carbonyl (C=O) groups excluding carboxylic acids is 1. The van der Waals surface area contributed by atoms with Gasteiger partial charge in [0.2, 0.25) is 0 Å². The lowest BCUT2D eigenvalue weighted by Crippen LogP contribution is -2.39. The van der Waals surface area contributed by atoms with E-state index >= 15 is 0 Å². The molecule has 0 unspecified atom stereocenters. The zero-order chi connectivity index (χ0) is 19.2. The molecule has 0 aromatic heterocycles. The van der Waals surface area contributed by atoms with Gasteiger partial charge in [0.05, 0.1) is 6.10 Å². The summed E-state index contributed by atoms with van der Waals surface area (Å²) in [6.45, 7) is 5.98. The third kappa shape index (κ3) is 5.72. The lowest BCUT2D eigenvalue weighted by Gasteiger charge is -2.26. The SMILES string of the molecule is Cc1ccc(OCC(=O)N(Cc2ccc(Cl)cc2)C[C@@H]2CCCO2)cc1C. The number of halogens is 1. The van der Waals surface area contributed by atoms with E-state index in [1.807, 2.05) is 54.3 Å². The molecule has 1 amide bonds. The van der Waals surface area contributed by atoms with Crippen molar-refractivity contribution in [3.8, 4) is 5.75 Å². The molecule has 1 aliphatic heterocycles. The first-order valence-electron chi connectivity index (χ1n) is 9.35. The fourth-order valence-corrected chi connectivity index (χ4v) is 3.26. The molecular formula is C22H26ClNO3. The van der Waals surface area contributed by atoms with Gasteiger partial charge in [-0.15, -0.1) is 0 Å². The summed E-state index contributed by atoms with van der Waals surface area (Å²) < 4.78 is 11.5. The number of benzene rings is 2. The summed E-state index contributed by atoms with van der Waals surface area (Å²) in [5, 5.41) is 0.689. The fourth-order valence-electron chi connectivity index (χ4n) is 3.14. The van der Waals surface area contributed by atoms with Crippen molar-refractivity contribution >= 4 is 17.5 Å². The Morgan fingerprint density at radius 2 is 1.96 bits per heavy atom.